The summed E-state index contributed by atoms with van der Waals surface area (Å²) in [5.41, 5.74) is 3.19. The number of carbonyl (C=O) groups excluding carboxylic acids is 1. The number of nitrogens with zero attached hydrogens (tertiary/aromatic N) is 1. The minimum Gasteiger partial charge on any atom is -0.289 e. The lowest BCUT2D eigenvalue weighted by Crippen LogP contribution is -2.30. The lowest BCUT2D eigenvalue weighted by atomic mass is 10.1. The van der Waals surface area contributed by atoms with Crippen molar-refractivity contribution in [1.29, 1.82) is 0 Å². The monoisotopic (exact) mass is 246 g/mol. The summed E-state index contributed by atoms with van der Waals surface area (Å²) in [6, 6.07) is 0. The Balaban J connectivity index is 3.06. The van der Waals surface area contributed by atoms with Crippen molar-refractivity contribution in [3.8, 4) is 0 Å². The number of hydrogen-bond donors (Lipinski definition) is 3. The number of aromatic amines is 1. The second kappa shape index (κ2) is 3.89. The Bertz CT molecular complexity index is 320. The Hall–Kier alpha value is -0.880. The van der Waals surface area contributed by atoms with E-state index in [1.807, 2.05) is 19.3 Å². The van der Waals surface area contributed by atoms with Crippen molar-refractivity contribution in [2.45, 2.75) is 19.8 Å². The van der Waals surface area contributed by atoms with Crippen LogP contribution in [0.3, 0.4) is 0 Å². The molecular formula is C7H11BrN4O. The fourth-order valence-electron chi connectivity index (χ4n) is 0.943. The van der Waals surface area contributed by atoms with E-state index in [1.54, 1.807) is 0 Å². The van der Waals surface area contributed by atoms with Crippen LogP contribution in [0.5, 0.6) is 0 Å². The van der Waals surface area contributed by atoms with E-state index < -0.39 is 5.91 Å². The fourth-order valence-corrected chi connectivity index (χ4v) is 1.76. The third-order valence-electron chi connectivity index (χ3n) is 1.66. The molecule has 0 aliphatic heterocycles. The van der Waals surface area contributed by atoms with E-state index in [0.29, 0.717) is 4.47 Å². The number of carbonyl (C=O) groups is 1. The lowest BCUT2D eigenvalue weighted by molar-refractivity contribution is 0.0948. The maximum atomic E-state index is 11.1. The van der Waals surface area contributed by atoms with Gasteiger partial charge >= 0.3 is 0 Å². The van der Waals surface area contributed by atoms with E-state index in [9.17, 15) is 4.79 Å². The van der Waals surface area contributed by atoms with Gasteiger partial charge in [-0.25, -0.2) is 5.84 Å². The van der Waals surface area contributed by atoms with Gasteiger partial charge in [-0.15, -0.1) is 0 Å². The quantitative estimate of drug-likeness (QED) is 0.412. The lowest BCUT2D eigenvalue weighted by Gasteiger charge is -2.00. The molecule has 1 aromatic rings. The zero-order valence-electron chi connectivity index (χ0n) is 7.39. The molecule has 13 heavy (non-hydrogen) atoms. The topological polar surface area (TPSA) is 83.8 Å². The molecule has 0 bridgehead atoms. The molecule has 0 aliphatic rings. The summed E-state index contributed by atoms with van der Waals surface area (Å²) >= 11 is 3.28. The standard InChI is InChI=1S/C7H11BrN4O/c1-3(2)5-4(8)6(12-11-5)7(13)10-9/h3H,9H2,1-2H3,(H,10,13)(H,11,12). The highest BCUT2D eigenvalue weighted by Crippen LogP contribution is 2.25. The predicted octanol–water partition coefficient (Wildman–Crippen LogP) is 0.899. The average Bonchev–Trinajstić information content (AvgIpc) is 2.46. The Morgan fingerprint density at radius 1 is 1.69 bits per heavy atom. The van der Waals surface area contributed by atoms with Gasteiger partial charge in [-0.2, -0.15) is 5.10 Å². The van der Waals surface area contributed by atoms with E-state index in [-0.39, 0.29) is 11.6 Å². The van der Waals surface area contributed by atoms with Crippen molar-refractivity contribution in [1.82, 2.24) is 15.6 Å². The third-order valence-corrected chi connectivity index (χ3v) is 2.46. The number of halogens is 1. The van der Waals surface area contributed by atoms with Gasteiger partial charge in [0.25, 0.3) is 5.91 Å². The highest BCUT2D eigenvalue weighted by molar-refractivity contribution is 9.10. The number of hydrazine groups is 1. The average molecular weight is 247 g/mol. The summed E-state index contributed by atoms with van der Waals surface area (Å²) in [7, 11) is 0. The molecule has 0 spiro atoms. The van der Waals surface area contributed by atoms with Crippen LogP contribution in [0.15, 0.2) is 4.47 Å². The first-order chi connectivity index (χ1) is 6.07. The largest absolute Gasteiger partial charge is 0.289 e. The van der Waals surface area contributed by atoms with Crippen LogP contribution < -0.4 is 11.3 Å². The highest BCUT2D eigenvalue weighted by atomic mass is 79.9. The number of hydrogen-bond acceptors (Lipinski definition) is 3. The van der Waals surface area contributed by atoms with Gasteiger partial charge in [0, 0.05) is 0 Å². The summed E-state index contributed by atoms with van der Waals surface area (Å²) < 4.78 is 0.672. The molecule has 1 heterocycles. The van der Waals surface area contributed by atoms with Gasteiger partial charge in [-0.3, -0.25) is 15.3 Å². The molecule has 0 unspecified atom stereocenters. The Kier molecular flexibility index (Phi) is 3.05. The van der Waals surface area contributed by atoms with Gasteiger partial charge in [0.2, 0.25) is 0 Å². The molecular weight excluding hydrogens is 236 g/mol. The summed E-state index contributed by atoms with van der Waals surface area (Å²) in [4.78, 5) is 11.1. The van der Waals surface area contributed by atoms with E-state index in [4.69, 9.17) is 5.84 Å². The molecule has 0 saturated carbocycles. The Labute approximate surface area is 84.2 Å². The number of aromatic nitrogens is 2. The number of rotatable bonds is 2. The smallest absolute Gasteiger partial charge is 0.286 e. The number of amides is 1. The molecule has 72 valence electrons. The van der Waals surface area contributed by atoms with Crippen molar-refractivity contribution in [3.63, 3.8) is 0 Å². The third kappa shape index (κ3) is 1.89. The molecule has 0 radical (unpaired) electrons. The Morgan fingerprint density at radius 3 is 2.69 bits per heavy atom. The zero-order chi connectivity index (χ0) is 10.0. The van der Waals surface area contributed by atoms with Crippen LogP contribution in [0.25, 0.3) is 0 Å². The van der Waals surface area contributed by atoms with Gasteiger partial charge in [0.05, 0.1) is 10.2 Å². The second-order valence-corrected chi connectivity index (χ2v) is 3.72. The Morgan fingerprint density at radius 2 is 2.31 bits per heavy atom. The van der Waals surface area contributed by atoms with E-state index in [0.717, 1.165) is 5.69 Å². The SMILES string of the molecule is CC(C)c1[nH]nc(C(=O)NN)c1Br. The van der Waals surface area contributed by atoms with Gasteiger partial charge in [-0.05, 0) is 21.8 Å². The normalized spacial score (nSPS) is 10.5. The molecule has 1 rings (SSSR count). The highest BCUT2D eigenvalue weighted by Gasteiger charge is 2.17. The van der Waals surface area contributed by atoms with Crippen LogP contribution in [0.2, 0.25) is 0 Å². The second-order valence-electron chi connectivity index (χ2n) is 2.93. The van der Waals surface area contributed by atoms with Crippen molar-refractivity contribution < 1.29 is 4.79 Å². The molecule has 0 saturated heterocycles. The van der Waals surface area contributed by atoms with Crippen molar-refractivity contribution in [2.75, 3.05) is 0 Å². The zero-order valence-corrected chi connectivity index (χ0v) is 8.97. The van der Waals surface area contributed by atoms with Crippen molar-refractivity contribution >= 4 is 21.8 Å². The van der Waals surface area contributed by atoms with Crippen molar-refractivity contribution in [3.05, 3.63) is 15.9 Å². The van der Waals surface area contributed by atoms with Crippen LogP contribution in [0.4, 0.5) is 0 Å². The van der Waals surface area contributed by atoms with Crippen LogP contribution in [0.1, 0.15) is 35.9 Å². The molecule has 0 fully saturated rings. The molecule has 1 amide bonds. The van der Waals surface area contributed by atoms with E-state index in [1.165, 1.54) is 0 Å². The maximum absolute atomic E-state index is 11.1. The number of nitrogens with two attached hydrogens (primary N) is 1. The van der Waals surface area contributed by atoms with Gasteiger partial charge in [0.15, 0.2) is 5.69 Å². The first-order valence-electron chi connectivity index (χ1n) is 3.82. The van der Waals surface area contributed by atoms with E-state index in [2.05, 4.69) is 26.1 Å². The molecule has 6 heteroatoms. The molecule has 4 N–H and O–H groups in total. The van der Waals surface area contributed by atoms with Gasteiger partial charge in [-0.1, -0.05) is 13.8 Å². The van der Waals surface area contributed by atoms with Crippen molar-refractivity contribution in [2.24, 2.45) is 5.84 Å². The number of nitrogens with one attached hydrogen (secondary N) is 2. The first kappa shape index (κ1) is 10.2. The van der Waals surface area contributed by atoms with Crippen LogP contribution in [-0.4, -0.2) is 16.1 Å². The summed E-state index contributed by atoms with van der Waals surface area (Å²) in [6.45, 7) is 4.00. The minimum atomic E-state index is -0.407. The first-order valence-corrected chi connectivity index (χ1v) is 4.62. The van der Waals surface area contributed by atoms with Gasteiger partial charge < -0.3 is 0 Å². The molecule has 5 nitrogen and oxygen atoms in total. The molecule has 0 atom stereocenters. The van der Waals surface area contributed by atoms with Crippen LogP contribution >= 0.6 is 15.9 Å². The molecule has 0 aliphatic carbocycles. The van der Waals surface area contributed by atoms with Crippen LogP contribution in [-0.2, 0) is 0 Å². The van der Waals surface area contributed by atoms with E-state index >= 15 is 0 Å². The summed E-state index contributed by atoms with van der Waals surface area (Å²) in [6.07, 6.45) is 0. The minimum absolute atomic E-state index is 0.279. The van der Waals surface area contributed by atoms with Gasteiger partial charge in [0.1, 0.15) is 0 Å². The van der Waals surface area contributed by atoms with Crippen LogP contribution in [0, 0.1) is 0 Å². The summed E-state index contributed by atoms with van der Waals surface area (Å²) in [5, 5.41) is 6.62. The fraction of sp³-hybridized carbons (Fsp3) is 0.429. The maximum Gasteiger partial charge on any atom is 0.286 e. The molecule has 1 aromatic heterocycles. The molecule has 0 aromatic carbocycles. The number of nitrogen functional groups attached to an aromatic ring is 1. The predicted molar refractivity (Wildman–Crippen MR) is 52.0 cm³/mol. The number of H-pyrrole nitrogens is 1. The summed E-state index contributed by atoms with van der Waals surface area (Å²) in [5.74, 6) is 4.86.